The number of anilines is 2. The first-order chi connectivity index (χ1) is 16.2. The van der Waals surface area contributed by atoms with Gasteiger partial charge in [0.1, 0.15) is 11.7 Å². The van der Waals surface area contributed by atoms with E-state index >= 15 is 0 Å². The summed E-state index contributed by atoms with van der Waals surface area (Å²) in [4.78, 5) is 15.9. The Bertz CT molecular complexity index is 1330. The fourth-order valence-corrected chi connectivity index (χ4v) is 5.87. The highest BCUT2D eigenvalue weighted by atomic mass is 79.9. The Morgan fingerprint density at radius 2 is 1.82 bits per heavy atom. The van der Waals surface area contributed by atoms with Crippen molar-refractivity contribution in [2.45, 2.75) is 39.5 Å². The smallest absolute Gasteiger partial charge is 0.236 e. The predicted molar refractivity (Wildman–Crippen MR) is 143 cm³/mol. The first-order valence-electron chi connectivity index (χ1n) is 11.2. The number of ether oxygens (including phenoxy) is 1. The largest absolute Gasteiger partial charge is 0.467 e. The number of hydrogen-bond acceptors (Lipinski definition) is 3. The Balaban J connectivity index is 1.63. The Labute approximate surface area is 213 Å². The molecule has 2 heterocycles. The number of benzene rings is 3. The van der Waals surface area contributed by atoms with Gasteiger partial charge in [0.2, 0.25) is 5.91 Å². The van der Waals surface area contributed by atoms with E-state index in [-0.39, 0.29) is 11.9 Å². The Morgan fingerprint density at radius 1 is 1.09 bits per heavy atom. The standard InChI is InChI=1S/C27H26BrN3O2S/c1-15-8-10-21(17(3)12-15)29-25(32)23-24-20-13-16(2)9-11-22(20)33-27(23,4)31(26(34)30-24)19-7-5-6-18(28)14-19/h5-14,23-24H,1-4H3,(H,29,32)(H,30,34)/t23-,24+,27-/m0/s1. The molecule has 7 heteroatoms. The molecule has 2 N–H and O–H groups in total. The van der Waals surface area contributed by atoms with Crippen molar-refractivity contribution in [3.05, 3.63) is 87.4 Å². The van der Waals surface area contributed by atoms with Crippen LogP contribution in [-0.4, -0.2) is 16.7 Å². The van der Waals surface area contributed by atoms with Crippen LogP contribution >= 0.6 is 28.1 Å². The highest BCUT2D eigenvalue weighted by Crippen LogP contribution is 2.50. The second-order valence-electron chi connectivity index (χ2n) is 9.23. The molecule has 2 aliphatic heterocycles. The van der Waals surface area contributed by atoms with Crippen LogP contribution in [-0.2, 0) is 4.79 Å². The fourth-order valence-electron chi connectivity index (χ4n) is 5.07. The third kappa shape index (κ3) is 3.77. The van der Waals surface area contributed by atoms with Crippen molar-refractivity contribution < 1.29 is 9.53 Å². The number of nitrogens with one attached hydrogen (secondary N) is 2. The van der Waals surface area contributed by atoms with E-state index in [0.717, 1.165) is 43.9 Å². The maximum Gasteiger partial charge on any atom is 0.236 e. The number of rotatable bonds is 3. The van der Waals surface area contributed by atoms with E-state index in [2.05, 4.69) is 38.7 Å². The van der Waals surface area contributed by atoms with Crippen LogP contribution in [0.5, 0.6) is 5.75 Å². The summed E-state index contributed by atoms with van der Waals surface area (Å²) in [5, 5.41) is 7.15. The summed E-state index contributed by atoms with van der Waals surface area (Å²) in [6, 6.07) is 19.6. The average Bonchev–Trinajstić information content (AvgIpc) is 2.76. The third-order valence-electron chi connectivity index (χ3n) is 6.64. The number of halogens is 1. The minimum atomic E-state index is -1.04. The number of fused-ring (bicyclic) bond motifs is 4. The number of amides is 1. The van der Waals surface area contributed by atoms with Crippen molar-refractivity contribution in [2.75, 3.05) is 10.2 Å². The molecule has 3 aromatic carbocycles. The van der Waals surface area contributed by atoms with Crippen LogP contribution < -0.4 is 20.3 Å². The van der Waals surface area contributed by atoms with Crippen LogP contribution in [0.15, 0.2) is 65.1 Å². The van der Waals surface area contributed by atoms with Crippen molar-refractivity contribution in [1.29, 1.82) is 0 Å². The molecule has 34 heavy (non-hydrogen) atoms. The van der Waals surface area contributed by atoms with E-state index < -0.39 is 11.6 Å². The van der Waals surface area contributed by atoms with Crippen LogP contribution in [0.1, 0.15) is 35.2 Å². The normalized spacial score (nSPS) is 23.0. The molecule has 1 fully saturated rings. The van der Waals surface area contributed by atoms with Crippen molar-refractivity contribution in [3.63, 3.8) is 0 Å². The van der Waals surface area contributed by atoms with Crippen LogP contribution in [0, 0.1) is 26.7 Å². The molecular weight excluding hydrogens is 510 g/mol. The van der Waals surface area contributed by atoms with Gasteiger partial charge in [0, 0.05) is 21.4 Å². The molecule has 3 atom stereocenters. The van der Waals surface area contributed by atoms with Crippen molar-refractivity contribution >= 4 is 50.5 Å². The van der Waals surface area contributed by atoms with Gasteiger partial charge < -0.3 is 15.4 Å². The van der Waals surface area contributed by atoms with Crippen molar-refractivity contribution in [3.8, 4) is 5.75 Å². The minimum absolute atomic E-state index is 0.124. The molecule has 3 aromatic rings. The molecule has 2 aliphatic rings. The van der Waals surface area contributed by atoms with Gasteiger partial charge in [-0.15, -0.1) is 0 Å². The number of aryl methyl sites for hydroxylation is 3. The van der Waals surface area contributed by atoms with E-state index in [1.807, 2.05) is 81.1 Å². The first kappa shape index (κ1) is 22.9. The second-order valence-corrected chi connectivity index (χ2v) is 10.5. The number of carbonyl (C=O) groups excluding carboxylic acids is 1. The molecule has 1 saturated heterocycles. The number of carbonyl (C=O) groups is 1. The van der Waals surface area contributed by atoms with Crippen LogP contribution in [0.3, 0.4) is 0 Å². The summed E-state index contributed by atoms with van der Waals surface area (Å²) < 4.78 is 7.58. The SMILES string of the molecule is Cc1ccc(NC(=O)[C@@H]2[C@@H]3NC(=S)N(c4cccc(Br)c4)[C@@]2(C)Oc2ccc(C)cc23)c(C)c1. The quantitative estimate of drug-likeness (QED) is 0.392. The predicted octanol–water partition coefficient (Wildman–Crippen LogP) is 6.17. The summed E-state index contributed by atoms with van der Waals surface area (Å²) >= 11 is 9.39. The van der Waals surface area contributed by atoms with Gasteiger partial charge in [-0.1, -0.05) is 57.4 Å². The van der Waals surface area contributed by atoms with Crippen LogP contribution in [0.25, 0.3) is 0 Å². The minimum Gasteiger partial charge on any atom is -0.467 e. The molecule has 0 saturated carbocycles. The Morgan fingerprint density at radius 3 is 2.56 bits per heavy atom. The summed E-state index contributed by atoms with van der Waals surface area (Å²) in [5.41, 5.74) is 4.80. The lowest BCUT2D eigenvalue weighted by Gasteiger charge is -2.56. The van der Waals surface area contributed by atoms with Gasteiger partial charge in [0.05, 0.1) is 6.04 Å². The van der Waals surface area contributed by atoms with Gasteiger partial charge in [-0.05, 0) is 75.8 Å². The first-order valence-corrected chi connectivity index (χ1v) is 12.4. The molecule has 174 valence electrons. The Hall–Kier alpha value is -2.90. The molecular formula is C27H26BrN3O2S. The van der Waals surface area contributed by atoms with E-state index in [1.165, 1.54) is 0 Å². The Kier molecular flexibility index (Phi) is 5.65. The number of thiocarbonyl (C=S) groups is 1. The molecule has 0 spiro atoms. The van der Waals surface area contributed by atoms with Gasteiger partial charge in [0.15, 0.2) is 10.8 Å². The molecule has 5 rings (SSSR count). The van der Waals surface area contributed by atoms with Gasteiger partial charge in [-0.3, -0.25) is 9.69 Å². The lowest BCUT2D eigenvalue weighted by molar-refractivity contribution is -0.130. The van der Waals surface area contributed by atoms with Crippen molar-refractivity contribution in [1.82, 2.24) is 5.32 Å². The molecule has 0 radical (unpaired) electrons. The zero-order valence-corrected chi connectivity index (χ0v) is 21.9. The van der Waals surface area contributed by atoms with E-state index in [1.54, 1.807) is 0 Å². The monoisotopic (exact) mass is 535 g/mol. The lowest BCUT2D eigenvalue weighted by atomic mass is 9.78. The summed E-state index contributed by atoms with van der Waals surface area (Å²) in [6.07, 6.45) is 0. The zero-order chi connectivity index (χ0) is 24.2. The topological polar surface area (TPSA) is 53.6 Å². The number of hydrogen-bond donors (Lipinski definition) is 2. The fraction of sp³-hybridized carbons (Fsp3) is 0.259. The van der Waals surface area contributed by atoms with E-state index in [0.29, 0.717) is 5.11 Å². The summed E-state index contributed by atoms with van der Waals surface area (Å²) in [7, 11) is 0. The highest BCUT2D eigenvalue weighted by molar-refractivity contribution is 9.10. The number of nitrogens with zero attached hydrogens (tertiary/aromatic N) is 1. The maximum absolute atomic E-state index is 14.0. The molecule has 0 aliphatic carbocycles. The van der Waals surface area contributed by atoms with Crippen LogP contribution in [0.2, 0.25) is 0 Å². The average molecular weight is 536 g/mol. The second kappa shape index (κ2) is 8.40. The third-order valence-corrected chi connectivity index (χ3v) is 7.44. The summed E-state index contributed by atoms with van der Waals surface area (Å²) in [6.45, 7) is 8.03. The molecule has 2 bridgehead atoms. The van der Waals surface area contributed by atoms with Crippen molar-refractivity contribution in [2.24, 2.45) is 5.92 Å². The maximum atomic E-state index is 14.0. The van der Waals surface area contributed by atoms with Gasteiger partial charge in [-0.2, -0.15) is 0 Å². The van der Waals surface area contributed by atoms with E-state index in [9.17, 15) is 4.79 Å². The van der Waals surface area contributed by atoms with E-state index in [4.69, 9.17) is 17.0 Å². The van der Waals surface area contributed by atoms with Gasteiger partial charge >= 0.3 is 0 Å². The van der Waals surface area contributed by atoms with Gasteiger partial charge in [-0.25, -0.2) is 0 Å². The van der Waals surface area contributed by atoms with Crippen LogP contribution in [0.4, 0.5) is 11.4 Å². The molecule has 0 aromatic heterocycles. The zero-order valence-electron chi connectivity index (χ0n) is 19.5. The lowest BCUT2D eigenvalue weighted by Crippen LogP contribution is -2.72. The summed E-state index contributed by atoms with van der Waals surface area (Å²) in [5.74, 6) is 0.0541. The van der Waals surface area contributed by atoms with Gasteiger partial charge in [0.25, 0.3) is 0 Å². The molecule has 1 amide bonds. The highest BCUT2D eigenvalue weighted by Gasteiger charge is 2.59. The molecule has 0 unspecified atom stereocenters. The molecule has 5 nitrogen and oxygen atoms in total.